The summed E-state index contributed by atoms with van der Waals surface area (Å²) < 4.78 is 11.0. The Labute approximate surface area is 215 Å². The van der Waals surface area contributed by atoms with E-state index in [0.29, 0.717) is 22.6 Å². The van der Waals surface area contributed by atoms with Crippen LogP contribution in [0.4, 0.5) is 5.69 Å². The second-order valence-electron chi connectivity index (χ2n) is 9.27. The molecule has 0 N–H and O–H groups in total. The lowest BCUT2D eigenvalue weighted by atomic mass is 9.78. The van der Waals surface area contributed by atoms with Crippen molar-refractivity contribution in [1.82, 2.24) is 0 Å². The smallest absolute Gasteiger partial charge is 0.349 e. The molecule has 0 aliphatic carbocycles. The largest absolute Gasteiger partial charge is 0.482 e. The van der Waals surface area contributed by atoms with Gasteiger partial charge in [0.25, 0.3) is 11.8 Å². The van der Waals surface area contributed by atoms with Crippen molar-refractivity contribution in [1.29, 1.82) is 0 Å². The van der Waals surface area contributed by atoms with Crippen LogP contribution in [0.2, 0.25) is 0 Å². The summed E-state index contributed by atoms with van der Waals surface area (Å²) in [5.74, 6) is -0.669. The second kappa shape index (κ2) is 9.74. The summed E-state index contributed by atoms with van der Waals surface area (Å²) in [7, 11) is 0. The van der Waals surface area contributed by atoms with Gasteiger partial charge in [0.2, 0.25) is 0 Å². The molecule has 0 fully saturated rings. The molecule has 0 saturated carbocycles. The number of rotatable bonds is 7. The van der Waals surface area contributed by atoms with E-state index >= 15 is 0 Å². The van der Waals surface area contributed by atoms with E-state index in [-0.39, 0.29) is 17.8 Å². The van der Waals surface area contributed by atoms with Gasteiger partial charge in [-0.25, -0.2) is 9.69 Å². The van der Waals surface area contributed by atoms with E-state index in [2.05, 4.69) is 26.0 Å². The van der Waals surface area contributed by atoms with Gasteiger partial charge in [0.05, 0.1) is 16.8 Å². The number of amides is 2. The normalized spacial score (nSPS) is 12.9. The number of carbonyl (C=O) groups excluding carboxylic acids is 3. The number of imide groups is 1. The zero-order chi connectivity index (χ0) is 26.0. The van der Waals surface area contributed by atoms with E-state index in [1.54, 1.807) is 42.5 Å². The molecule has 6 heteroatoms. The molecule has 5 rings (SSSR count). The number of carbonyl (C=O) groups is 3. The number of esters is 1. The molecule has 0 atom stereocenters. The topological polar surface area (TPSA) is 72.9 Å². The van der Waals surface area contributed by atoms with Gasteiger partial charge in [0.1, 0.15) is 11.5 Å². The van der Waals surface area contributed by atoms with Crippen molar-refractivity contribution in [3.63, 3.8) is 0 Å². The number of nitrogens with zero attached hydrogens (tertiary/aromatic N) is 1. The van der Waals surface area contributed by atoms with Crippen LogP contribution in [-0.4, -0.2) is 24.4 Å². The van der Waals surface area contributed by atoms with Crippen LogP contribution in [0.1, 0.15) is 45.7 Å². The highest BCUT2D eigenvalue weighted by molar-refractivity contribution is 6.34. The summed E-state index contributed by atoms with van der Waals surface area (Å²) in [6.45, 7) is 4.02. The fraction of sp³-hybridized carbons (Fsp3) is 0.129. The van der Waals surface area contributed by atoms with Crippen LogP contribution in [0.25, 0.3) is 0 Å². The summed E-state index contributed by atoms with van der Waals surface area (Å²) in [6, 6.07) is 30.8. The number of benzene rings is 4. The van der Waals surface area contributed by atoms with Crippen molar-refractivity contribution >= 4 is 23.5 Å². The third kappa shape index (κ3) is 4.74. The van der Waals surface area contributed by atoms with Gasteiger partial charge in [0.15, 0.2) is 6.61 Å². The van der Waals surface area contributed by atoms with Gasteiger partial charge in [0, 0.05) is 11.5 Å². The predicted molar refractivity (Wildman–Crippen MR) is 140 cm³/mol. The molecule has 4 aromatic carbocycles. The van der Waals surface area contributed by atoms with Crippen LogP contribution in [0.3, 0.4) is 0 Å². The third-order valence-electron chi connectivity index (χ3n) is 6.53. The van der Waals surface area contributed by atoms with Gasteiger partial charge >= 0.3 is 5.97 Å². The summed E-state index contributed by atoms with van der Waals surface area (Å²) >= 11 is 0. The maximum Gasteiger partial charge on any atom is 0.349 e. The molecular formula is C31H25NO5. The Balaban J connectivity index is 1.21. The molecule has 0 unspecified atom stereocenters. The van der Waals surface area contributed by atoms with E-state index in [9.17, 15) is 14.4 Å². The van der Waals surface area contributed by atoms with Gasteiger partial charge in [-0.2, -0.15) is 0 Å². The molecular weight excluding hydrogens is 466 g/mol. The Morgan fingerprint density at radius 1 is 0.703 bits per heavy atom. The fourth-order valence-electron chi connectivity index (χ4n) is 4.40. The van der Waals surface area contributed by atoms with Crippen LogP contribution in [0.5, 0.6) is 11.5 Å². The van der Waals surface area contributed by atoms with Crippen LogP contribution in [-0.2, 0) is 10.2 Å². The molecule has 37 heavy (non-hydrogen) atoms. The highest BCUT2D eigenvalue weighted by atomic mass is 16.6. The number of hydrogen-bond acceptors (Lipinski definition) is 5. The van der Waals surface area contributed by atoms with Crippen LogP contribution in [0.15, 0.2) is 103 Å². The number of hydrogen-bond donors (Lipinski definition) is 0. The molecule has 0 radical (unpaired) electrons. The maximum atomic E-state index is 12.7. The molecule has 6 nitrogen and oxygen atoms in total. The first-order valence-electron chi connectivity index (χ1n) is 11.9. The lowest BCUT2D eigenvalue weighted by Gasteiger charge is -2.26. The minimum Gasteiger partial charge on any atom is -0.482 e. The molecule has 0 saturated heterocycles. The summed E-state index contributed by atoms with van der Waals surface area (Å²) in [5, 5.41) is 0. The van der Waals surface area contributed by atoms with Crippen molar-refractivity contribution in [2.75, 3.05) is 11.5 Å². The lowest BCUT2D eigenvalue weighted by molar-refractivity contribution is -0.136. The lowest BCUT2D eigenvalue weighted by Crippen LogP contribution is -2.29. The Bertz CT molecular complexity index is 1440. The molecule has 184 valence electrons. The van der Waals surface area contributed by atoms with E-state index < -0.39 is 17.8 Å². The Kier molecular flexibility index (Phi) is 6.32. The molecule has 4 aromatic rings. The van der Waals surface area contributed by atoms with Crippen molar-refractivity contribution in [3.8, 4) is 11.5 Å². The average Bonchev–Trinajstić information content (AvgIpc) is 3.18. The third-order valence-corrected chi connectivity index (χ3v) is 6.53. The Hall–Kier alpha value is -4.71. The molecule has 0 aromatic heterocycles. The van der Waals surface area contributed by atoms with Crippen molar-refractivity contribution < 1.29 is 23.9 Å². The van der Waals surface area contributed by atoms with Crippen LogP contribution >= 0.6 is 0 Å². The fourth-order valence-corrected chi connectivity index (χ4v) is 4.40. The first-order valence-corrected chi connectivity index (χ1v) is 11.9. The number of fused-ring (bicyclic) bond motifs is 1. The first kappa shape index (κ1) is 24.0. The Morgan fingerprint density at radius 3 is 1.95 bits per heavy atom. The van der Waals surface area contributed by atoms with Crippen LogP contribution in [0, 0.1) is 0 Å². The molecule has 1 aliphatic rings. The maximum absolute atomic E-state index is 12.7. The molecule has 1 heterocycles. The summed E-state index contributed by atoms with van der Waals surface area (Å²) in [4.78, 5) is 39.0. The molecule has 1 aliphatic heterocycles. The molecule has 0 spiro atoms. The standard InChI is InChI=1S/C31H25NO5/c1-31(2,21-9-4-3-5-10-21)22-15-17-24(18-16-22)36-20-28(33)37-25-12-8-11-23(19-25)32-29(34)26-13-6-7-14-27(26)30(32)35/h3-19H,20H2,1-2H3. The van der Waals surface area contributed by atoms with Gasteiger partial charge in [-0.3, -0.25) is 9.59 Å². The number of ether oxygens (including phenoxy) is 2. The molecule has 2 amide bonds. The zero-order valence-corrected chi connectivity index (χ0v) is 20.5. The van der Waals surface area contributed by atoms with E-state index in [1.807, 2.05) is 42.5 Å². The highest BCUT2D eigenvalue weighted by Crippen LogP contribution is 2.33. The summed E-state index contributed by atoms with van der Waals surface area (Å²) in [5.41, 5.74) is 3.18. The van der Waals surface area contributed by atoms with Crippen LogP contribution < -0.4 is 14.4 Å². The van der Waals surface area contributed by atoms with Gasteiger partial charge < -0.3 is 9.47 Å². The van der Waals surface area contributed by atoms with E-state index in [4.69, 9.17) is 9.47 Å². The average molecular weight is 492 g/mol. The van der Waals surface area contributed by atoms with Gasteiger partial charge in [-0.05, 0) is 47.5 Å². The summed E-state index contributed by atoms with van der Waals surface area (Å²) in [6.07, 6.45) is 0. The molecule has 0 bridgehead atoms. The minimum atomic E-state index is -0.604. The SMILES string of the molecule is CC(C)(c1ccccc1)c1ccc(OCC(=O)Oc2cccc(N3C(=O)c4ccccc4C3=O)c2)cc1. The van der Waals surface area contributed by atoms with E-state index in [1.165, 1.54) is 11.6 Å². The first-order chi connectivity index (χ1) is 17.8. The monoisotopic (exact) mass is 491 g/mol. The van der Waals surface area contributed by atoms with Crippen molar-refractivity contribution in [3.05, 3.63) is 125 Å². The van der Waals surface area contributed by atoms with E-state index in [0.717, 1.165) is 10.5 Å². The van der Waals surface area contributed by atoms with Gasteiger partial charge in [-0.15, -0.1) is 0 Å². The second-order valence-corrected chi connectivity index (χ2v) is 9.27. The highest BCUT2D eigenvalue weighted by Gasteiger charge is 2.36. The zero-order valence-electron chi connectivity index (χ0n) is 20.5. The predicted octanol–water partition coefficient (Wildman–Crippen LogP) is 5.80. The Morgan fingerprint density at radius 2 is 1.30 bits per heavy atom. The van der Waals surface area contributed by atoms with Crippen molar-refractivity contribution in [2.45, 2.75) is 19.3 Å². The number of anilines is 1. The quantitative estimate of drug-likeness (QED) is 0.186. The van der Waals surface area contributed by atoms with Gasteiger partial charge in [-0.1, -0.05) is 74.5 Å². The van der Waals surface area contributed by atoms with Crippen molar-refractivity contribution in [2.24, 2.45) is 0 Å². The minimum absolute atomic E-state index is 0.177.